The van der Waals surface area contributed by atoms with E-state index in [1.54, 1.807) is 31.4 Å². The molecule has 1 aromatic heterocycles. The van der Waals surface area contributed by atoms with Crippen LogP contribution in [0.5, 0.6) is 0 Å². The summed E-state index contributed by atoms with van der Waals surface area (Å²) in [5.74, 6) is 5.31. The summed E-state index contributed by atoms with van der Waals surface area (Å²) in [6.45, 7) is 3.93. The van der Waals surface area contributed by atoms with E-state index in [1.165, 1.54) is 54.6 Å². The zero-order valence-electron chi connectivity index (χ0n) is 24.6. The number of imidazole rings is 1. The molecule has 5 N–H and O–H groups in total. The van der Waals surface area contributed by atoms with Crippen molar-refractivity contribution in [3.63, 3.8) is 0 Å². The highest BCUT2D eigenvalue weighted by Crippen LogP contribution is 2.37. The smallest absolute Gasteiger partial charge is 0.403 e. The zero-order valence-corrected chi connectivity index (χ0v) is 25.4. The molecule has 238 valence electrons. The molecule has 0 aliphatic carbocycles. The van der Waals surface area contributed by atoms with Crippen LogP contribution in [0.4, 0.5) is 27.6 Å². The second-order valence-corrected chi connectivity index (χ2v) is 11.3. The maximum atomic E-state index is 15.1. The van der Waals surface area contributed by atoms with Gasteiger partial charge in [0.2, 0.25) is 5.78 Å². The Hall–Kier alpha value is -4.24. The number of anilines is 1. The number of rotatable bonds is 10. The van der Waals surface area contributed by atoms with Crippen molar-refractivity contribution >= 4 is 23.2 Å². The molecule has 0 radical (unpaired) electrons. The van der Waals surface area contributed by atoms with E-state index in [9.17, 15) is 22.4 Å². The summed E-state index contributed by atoms with van der Waals surface area (Å²) in [5, 5.41) is 9.80. The van der Waals surface area contributed by atoms with Crippen LogP contribution in [0.15, 0.2) is 77.6 Å². The molecule has 4 rings (SSSR count). The second-order valence-electron chi connectivity index (χ2n) is 10.5. The summed E-state index contributed by atoms with van der Waals surface area (Å²) in [6, 6.07) is 11.5. The molecule has 3 aromatic carbocycles. The minimum Gasteiger partial charge on any atom is -0.403 e. The Balaban J connectivity index is 1.91. The van der Waals surface area contributed by atoms with Gasteiger partial charge in [0.1, 0.15) is 29.6 Å². The van der Waals surface area contributed by atoms with Crippen molar-refractivity contribution in [2.75, 3.05) is 11.3 Å². The Labute approximate surface area is 260 Å². The number of hydrogen-bond acceptors (Lipinski definition) is 8. The number of alkyl halides is 4. The minimum absolute atomic E-state index is 0.113. The number of halogens is 5. The number of carbonyl (C=O) groups is 1. The largest absolute Gasteiger partial charge is 0.416 e. The molecule has 0 amide bonds. The number of nitrogens with two attached hydrogens (primary N) is 2. The van der Waals surface area contributed by atoms with Gasteiger partial charge in [-0.3, -0.25) is 15.1 Å². The van der Waals surface area contributed by atoms with Gasteiger partial charge >= 0.3 is 6.18 Å². The van der Waals surface area contributed by atoms with Gasteiger partial charge in [-0.1, -0.05) is 18.2 Å². The van der Waals surface area contributed by atoms with E-state index in [1.807, 2.05) is 0 Å². The third kappa shape index (κ3) is 7.04. The highest BCUT2D eigenvalue weighted by Gasteiger charge is 2.32. The predicted octanol–water partition coefficient (Wildman–Crippen LogP) is 7.28. The second kappa shape index (κ2) is 13.0. The van der Waals surface area contributed by atoms with Crippen molar-refractivity contribution in [2.45, 2.75) is 44.1 Å². The van der Waals surface area contributed by atoms with E-state index < -0.39 is 29.0 Å². The van der Waals surface area contributed by atoms with E-state index in [0.717, 1.165) is 23.3 Å². The topological polar surface area (TPSA) is 120 Å². The van der Waals surface area contributed by atoms with Gasteiger partial charge in [0.05, 0.1) is 22.6 Å². The lowest BCUT2D eigenvalue weighted by Gasteiger charge is -2.25. The summed E-state index contributed by atoms with van der Waals surface area (Å²) < 4.78 is 71.6. The quantitative estimate of drug-likeness (QED) is 0.0313. The van der Waals surface area contributed by atoms with Crippen molar-refractivity contribution < 1.29 is 36.9 Å². The van der Waals surface area contributed by atoms with Crippen LogP contribution in [-0.4, -0.2) is 26.8 Å². The third-order valence-corrected chi connectivity index (χ3v) is 7.81. The fraction of sp³-hybridized carbons (Fsp3) is 0.226. The normalized spacial score (nSPS) is 12.5. The third-order valence-electron chi connectivity index (χ3n) is 7.00. The van der Waals surface area contributed by atoms with Crippen LogP contribution in [0.3, 0.4) is 0 Å². The van der Waals surface area contributed by atoms with Crippen LogP contribution in [0, 0.1) is 12.7 Å². The molecule has 0 spiro atoms. The lowest BCUT2D eigenvalue weighted by molar-refractivity contribution is -0.253. The monoisotopic (exact) mass is 647 g/mol. The molecule has 0 aliphatic rings. The molecule has 0 unspecified atom stereocenters. The van der Waals surface area contributed by atoms with Crippen molar-refractivity contribution in [1.82, 2.24) is 9.55 Å². The molecule has 0 atom stereocenters. The van der Waals surface area contributed by atoms with E-state index in [-0.39, 0.29) is 34.8 Å². The van der Waals surface area contributed by atoms with E-state index in [0.29, 0.717) is 33.6 Å². The van der Waals surface area contributed by atoms with Gasteiger partial charge in [0, 0.05) is 28.4 Å². The number of carbonyl (C=O) groups excluding carboxylic acids is 1. The number of aryl methyl sites for hydroxylation is 1. The van der Waals surface area contributed by atoms with Crippen molar-refractivity contribution in [2.24, 2.45) is 11.6 Å². The van der Waals surface area contributed by atoms with Gasteiger partial charge in [-0.25, -0.2) is 24.5 Å². The molecule has 4 aromatic rings. The molecular weight excluding hydrogens is 617 g/mol. The first-order valence-corrected chi connectivity index (χ1v) is 14.5. The van der Waals surface area contributed by atoms with E-state index in [2.05, 4.69) is 9.87 Å². The molecule has 0 saturated heterocycles. The highest BCUT2D eigenvalue weighted by molar-refractivity contribution is 7.98. The predicted molar refractivity (Wildman–Crippen MR) is 162 cm³/mol. The van der Waals surface area contributed by atoms with Crippen LogP contribution in [-0.2, 0) is 23.3 Å². The Morgan fingerprint density at radius 3 is 2.40 bits per heavy atom. The molecule has 14 heteroatoms. The van der Waals surface area contributed by atoms with Gasteiger partial charge < -0.3 is 10.3 Å². The first-order chi connectivity index (χ1) is 21.1. The summed E-state index contributed by atoms with van der Waals surface area (Å²) in [5.41, 5.74) is 3.81. The highest BCUT2D eigenvalue weighted by atomic mass is 32.2. The van der Waals surface area contributed by atoms with Crippen LogP contribution < -0.4 is 16.6 Å². The minimum atomic E-state index is -4.70. The van der Waals surface area contributed by atoms with Gasteiger partial charge in [0.15, 0.2) is 0 Å². The van der Waals surface area contributed by atoms with Crippen LogP contribution in [0.1, 0.15) is 46.9 Å². The summed E-state index contributed by atoms with van der Waals surface area (Å²) in [7, 11) is 0. The Bertz CT molecular complexity index is 1770. The summed E-state index contributed by atoms with van der Waals surface area (Å²) in [6.07, 6.45) is -0.654. The number of ketones is 1. The van der Waals surface area contributed by atoms with E-state index in [4.69, 9.17) is 16.8 Å². The zero-order chi connectivity index (χ0) is 33.3. The van der Waals surface area contributed by atoms with Gasteiger partial charge in [-0.05, 0) is 74.6 Å². The molecule has 8 nitrogen and oxygen atoms in total. The maximum Gasteiger partial charge on any atom is 0.416 e. The number of aromatic nitrogens is 2. The lowest BCUT2D eigenvalue weighted by atomic mass is 10.0. The number of benzene rings is 3. The molecule has 0 saturated carbocycles. The number of allylic oxidation sites excluding steroid dienone is 1. The SMILES string of the molecule is CSc1cc(-c2ccc(-n3cc(C(C)(C)F)nc3C)c(N(N)/C(=C\N)C(=O)c3cccc(C(F)(F)F)c3)c2)cc(F)c1COO. The van der Waals surface area contributed by atoms with Crippen LogP contribution >= 0.6 is 11.8 Å². The number of thioether (sulfide) groups is 1. The molecule has 1 heterocycles. The number of Topliss-reactive ketones (excluding diaryl/α,β-unsaturated/α-hetero) is 1. The van der Waals surface area contributed by atoms with E-state index >= 15 is 4.39 Å². The van der Waals surface area contributed by atoms with Crippen LogP contribution in [0.25, 0.3) is 16.8 Å². The first kappa shape index (κ1) is 33.6. The van der Waals surface area contributed by atoms with Crippen molar-refractivity contribution in [1.29, 1.82) is 0 Å². The summed E-state index contributed by atoms with van der Waals surface area (Å²) >= 11 is 1.22. The molecule has 45 heavy (non-hydrogen) atoms. The Kier molecular flexibility index (Phi) is 9.73. The Morgan fingerprint density at radius 2 is 1.82 bits per heavy atom. The lowest BCUT2D eigenvalue weighted by Crippen LogP contribution is -2.35. The maximum absolute atomic E-state index is 15.1. The number of hydrazine groups is 1. The van der Waals surface area contributed by atoms with Crippen molar-refractivity contribution in [3.8, 4) is 16.8 Å². The fourth-order valence-corrected chi connectivity index (χ4v) is 5.29. The first-order valence-electron chi connectivity index (χ1n) is 13.3. The molecular formula is C31H30F5N5O3S. The van der Waals surface area contributed by atoms with Crippen LogP contribution in [0.2, 0.25) is 0 Å². The summed E-state index contributed by atoms with van der Waals surface area (Å²) in [4.78, 5) is 22.5. The van der Waals surface area contributed by atoms with Gasteiger partial charge in [0.25, 0.3) is 0 Å². The standard InChI is InChI=1S/C31H30F5N5O3S/c1-17-39-28(30(2,3)33)15-40(17)24-9-8-18(20-11-23(32)22(16-44-43)27(13-20)45-4)12-25(24)41(38)26(14-37)29(42)19-6-5-7-21(10-19)31(34,35)36/h5-15,43H,16,37-38H2,1-4H3/b26-14-. The number of nitrogens with zero attached hydrogens (tertiary/aromatic N) is 3. The Morgan fingerprint density at radius 1 is 1.11 bits per heavy atom. The average Bonchev–Trinajstić information content (AvgIpc) is 3.39. The average molecular weight is 648 g/mol. The fourth-order valence-electron chi connectivity index (χ4n) is 4.65. The molecule has 0 fully saturated rings. The van der Waals surface area contributed by atoms with Crippen molar-refractivity contribution in [3.05, 3.63) is 107 Å². The number of hydrogen-bond donors (Lipinski definition) is 3. The molecule has 0 aliphatic heterocycles. The molecule has 0 bridgehead atoms. The van der Waals surface area contributed by atoms with Gasteiger partial charge in [-0.2, -0.15) is 13.2 Å². The van der Waals surface area contributed by atoms with Gasteiger partial charge in [-0.15, -0.1) is 11.8 Å².